The van der Waals surface area contributed by atoms with Crippen molar-refractivity contribution in [3.05, 3.63) is 54.7 Å². The summed E-state index contributed by atoms with van der Waals surface area (Å²) in [6, 6.07) is 7.75. The van der Waals surface area contributed by atoms with Crippen molar-refractivity contribution in [1.29, 1.82) is 0 Å². The molecule has 4 aromatic rings. The number of aromatic amines is 1. The van der Waals surface area contributed by atoms with E-state index in [0.717, 1.165) is 41.9 Å². The Morgan fingerprint density at radius 3 is 2.86 bits per heavy atom. The standard InChI is InChI=1S/C21H21N7O/c1-14-3-2-7-27(12-14)21(29)16-9-15-6-8-28(20(15)23-10-16)17-4-5-18(22-11-17)19-24-13-25-26-19/h4-6,8-11,13-14H,2-3,7,12H2,1H3,(H,24,25,26)/t14-/m0/s1. The van der Waals surface area contributed by atoms with Crippen LogP contribution in [-0.4, -0.2) is 53.6 Å². The second-order valence-corrected chi connectivity index (χ2v) is 7.56. The van der Waals surface area contributed by atoms with Crippen molar-refractivity contribution in [2.45, 2.75) is 19.8 Å². The van der Waals surface area contributed by atoms with Crippen LogP contribution in [0.2, 0.25) is 0 Å². The number of piperidine rings is 1. The van der Waals surface area contributed by atoms with Crippen LogP contribution in [0.15, 0.2) is 49.2 Å². The highest BCUT2D eigenvalue weighted by Gasteiger charge is 2.22. The normalized spacial score (nSPS) is 17.0. The van der Waals surface area contributed by atoms with Gasteiger partial charge < -0.3 is 4.90 Å². The minimum absolute atomic E-state index is 0.0665. The fourth-order valence-corrected chi connectivity index (χ4v) is 3.90. The summed E-state index contributed by atoms with van der Waals surface area (Å²) in [6.07, 6.45) is 9.10. The number of H-pyrrole nitrogens is 1. The number of aromatic nitrogens is 6. The Bertz CT molecular complexity index is 1150. The van der Waals surface area contributed by atoms with Crippen molar-refractivity contribution in [3.8, 4) is 17.2 Å². The molecule has 8 heteroatoms. The number of fused-ring (bicyclic) bond motifs is 1. The van der Waals surface area contributed by atoms with Crippen LogP contribution in [0.1, 0.15) is 30.1 Å². The summed E-state index contributed by atoms with van der Waals surface area (Å²) in [7, 11) is 0. The van der Waals surface area contributed by atoms with E-state index in [1.54, 1.807) is 12.4 Å². The molecule has 1 atom stereocenters. The van der Waals surface area contributed by atoms with Gasteiger partial charge in [-0.2, -0.15) is 5.10 Å². The lowest BCUT2D eigenvalue weighted by atomic mass is 9.99. The molecule has 0 aliphatic carbocycles. The molecule has 1 saturated heterocycles. The Morgan fingerprint density at radius 2 is 2.10 bits per heavy atom. The van der Waals surface area contributed by atoms with E-state index in [2.05, 4.69) is 32.1 Å². The van der Waals surface area contributed by atoms with Gasteiger partial charge in [0.1, 0.15) is 17.7 Å². The van der Waals surface area contributed by atoms with E-state index in [0.29, 0.717) is 17.3 Å². The maximum atomic E-state index is 12.9. The Labute approximate surface area is 167 Å². The molecular formula is C21H21N7O. The maximum absolute atomic E-state index is 12.9. The number of carbonyl (C=O) groups is 1. The van der Waals surface area contributed by atoms with Gasteiger partial charge in [-0.15, -0.1) is 0 Å². The minimum Gasteiger partial charge on any atom is -0.338 e. The van der Waals surface area contributed by atoms with Gasteiger partial charge in [-0.25, -0.2) is 9.97 Å². The number of hydrogen-bond donors (Lipinski definition) is 1. The second kappa shape index (κ2) is 7.12. The van der Waals surface area contributed by atoms with Crippen LogP contribution in [0.3, 0.4) is 0 Å². The van der Waals surface area contributed by atoms with E-state index < -0.39 is 0 Å². The van der Waals surface area contributed by atoms with E-state index in [9.17, 15) is 4.79 Å². The van der Waals surface area contributed by atoms with Crippen LogP contribution in [0.5, 0.6) is 0 Å². The molecule has 1 fully saturated rings. The third kappa shape index (κ3) is 3.26. The molecule has 146 valence electrons. The lowest BCUT2D eigenvalue weighted by Crippen LogP contribution is -2.39. The second-order valence-electron chi connectivity index (χ2n) is 7.56. The van der Waals surface area contributed by atoms with Gasteiger partial charge in [0, 0.05) is 30.9 Å². The third-order valence-electron chi connectivity index (χ3n) is 5.40. The van der Waals surface area contributed by atoms with Crippen molar-refractivity contribution in [3.63, 3.8) is 0 Å². The van der Waals surface area contributed by atoms with Crippen LogP contribution in [0, 0.1) is 5.92 Å². The Hall–Kier alpha value is -3.55. The number of likely N-dealkylation sites (tertiary alicyclic amines) is 1. The van der Waals surface area contributed by atoms with Crippen LogP contribution >= 0.6 is 0 Å². The van der Waals surface area contributed by atoms with Crippen LogP contribution in [-0.2, 0) is 0 Å². The molecule has 0 radical (unpaired) electrons. The first kappa shape index (κ1) is 17.5. The number of pyridine rings is 2. The molecule has 8 nitrogen and oxygen atoms in total. The van der Waals surface area contributed by atoms with Gasteiger partial charge in [0.25, 0.3) is 5.91 Å². The zero-order chi connectivity index (χ0) is 19.8. The van der Waals surface area contributed by atoms with E-state index in [1.165, 1.54) is 12.7 Å². The molecule has 4 aromatic heterocycles. The lowest BCUT2D eigenvalue weighted by molar-refractivity contribution is 0.0683. The largest absolute Gasteiger partial charge is 0.338 e. The number of nitrogens with one attached hydrogen (secondary N) is 1. The highest BCUT2D eigenvalue weighted by atomic mass is 16.2. The molecule has 0 bridgehead atoms. The van der Waals surface area contributed by atoms with Crippen LogP contribution < -0.4 is 0 Å². The van der Waals surface area contributed by atoms with Crippen LogP contribution in [0.4, 0.5) is 0 Å². The summed E-state index contributed by atoms with van der Waals surface area (Å²) in [4.78, 5) is 28.0. The number of amides is 1. The monoisotopic (exact) mass is 387 g/mol. The Morgan fingerprint density at radius 1 is 1.17 bits per heavy atom. The molecule has 1 amide bonds. The molecule has 0 saturated carbocycles. The SMILES string of the molecule is C[C@H]1CCCN(C(=O)c2cnc3c(ccn3-c3ccc(-c4ncn[nH]4)nc3)c2)C1. The summed E-state index contributed by atoms with van der Waals surface area (Å²) < 4.78 is 1.96. The van der Waals surface area contributed by atoms with Crippen LogP contribution in [0.25, 0.3) is 28.2 Å². The van der Waals surface area contributed by atoms with Gasteiger partial charge >= 0.3 is 0 Å². The highest BCUT2D eigenvalue weighted by molar-refractivity contribution is 5.97. The summed E-state index contributed by atoms with van der Waals surface area (Å²) in [5.41, 5.74) is 3.05. The summed E-state index contributed by atoms with van der Waals surface area (Å²) in [5, 5.41) is 7.59. The average molecular weight is 387 g/mol. The van der Waals surface area contributed by atoms with Gasteiger partial charge in [0.05, 0.1) is 17.4 Å². The zero-order valence-electron chi connectivity index (χ0n) is 16.1. The molecule has 0 unspecified atom stereocenters. The molecule has 1 N–H and O–H groups in total. The number of carbonyl (C=O) groups excluding carboxylic acids is 1. The van der Waals surface area contributed by atoms with Crippen molar-refractivity contribution >= 4 is 16.9 Å². The molecule has 29 heavy (non-hydrogen) atoms. The predicted molar refractivity (Wildman–Crippen MR) is 109 cm³/mol. The number of nitrogens with zero attached hydrogens (tertiary/aromatic N) is 6. The minimum atomic E-state index is 0.0665. The van der Waals surface area contributed by atoms with Gasteiger partial charge in [0.15, 0.2) is 5.82 Å². The van der Waals surface area contributed by atoms with Crippen molar-refractivity contribution in [2.75, 3.05) is 13.1 Å². The lowest BCUT2D eigenvalue weighted by Gasteiger charge is -2.30. The fourth-order valence-electron chi connectivity index (χ4n) is 3.90. The quantitative estimate of drug-likeness (QED) is 0.583. The summed E-state index contributed by atoms with van der Waals surface area (Å²) in [5.74, 6) is 1.25. The molecule has 0 aromatic carbocycles. The first-order valence-corrected chi connectivity index (χ1v) is 9.77. The highest BCUT2D eigenvalue weighted by Crippen LogP contribution is 2.23. The molecule has 1 aliphatic rings. The molecule has 0 spiro atoms. The predicted octanol–water partition coefficient (Wildman–Crippen LogP) is 3.08. The molecule has 1 aliphatic heterocycles. The number of hydrogen-bond acceptors (Lipinski definition) is 5. The summed E-state index contributed by atoms with van der Waals surface area (Å²) in [6.45, 7) is 3.84. The average Bonchev–Trinajstić information content (AvgIpc) is 3.43. The van der Waals surface area contributed by atoms with Crippen molar-refractivity contribution < 1.29 is 4.79 Å². The molecule has 5 heterocycles. The maximum Gasteiger partial charge on any atom is 0.255 e. The van der Waals surface area contributed by atoms with Crippen molar-refractivity contribution in [1.82, 2.24) is 34.6 Å². The number of rotatable bonds is 3. The molecule has 5 rings (SSSR count). The first-order valence-electron chi connectivity index (χ1n) is 9.77. The Kier molecular flexibility index (Phi) is 4.31. The topological polar surface area (TPSA) is 92.6 Å². The third-order valence-corrected chi connectivity index (χ3v) is 5.40. The van der Waals surface area contributed by atoms with E-state index in [4.69, 9.17) is 0 Å². The fraction of sp³-hybridized carbons (Fsp3) is 0.286. The van der Waals surface area contributed by atoms with E-state index in [1.807, 2.05) is 39.9 Å². The van der Waals surface area contributed by atoms with E-state index in [-0.39, 0.29) is 5.91 Å². The first-order chi connectivity index (χ1) is 14.2. The summed E-state index contributed by atoms with van der Waals surface area (Å²) >= 11 is 0. The van der Waals surface area contributed by atoms with Gasteiger partial charge in [-0.1, -0.05) is 6.92 Å². The molecular weight excluding hydrogens is 366 g/mol. The van der Waals surface area contributed by atoms with Crippen molar-refractivity contribution in [2.24, 2.45) is 5.92 Å². The van der Waals surface area contributed by atoms with E-state index >= 15 is 0 Å². The van der Waals surface area contributed by atoms with Gasteiger partial charge in [-0.3, -0.25) is 19.4 Å². The smallest absolute Gasteiger partial charge is 0.255 e. The Balaban J connectivity index is 1.43. The van der Waals surface area contributed by atoms with Gasteiger partial charge in [0.2, 0.25) is 0 Å². The zero-order valence-corrected chi connectivity index (χ0v) is 16.1. The van der Waals surface area contributed by atoms with Gasteiger partial charge in [-0.05, 0) is 43.0 Å².